The van der Waals surface area contributed by atoms with E-state index in [4.69, 9.17) is 4.43 Å². The molecule has 1 heterocycles. The van der Waals surface area contributed by atoms with E-state index in [9.17, 15) is 5.11 Å². The Hall–Kier alpha value is -1.07. The quantitative estimate of drug-likeness (QED) is 0.810. The summed E-state index contributed by atoms with van der Waals surface area (Å²) in [5.74, 6) is 0. The molecule has 2 atom stereocenters. The van der Waals surface area contributed by atoms with Crippen molar-refractivity contribution in [1.82, 2.24) is 0 Å². The van der Waals surface area contributed by atoms with Crippen molar-refractivity contribution in [2.24, 2.45) is 0 Å². The molecule has 0 aliphatic carbocycles. The first-order valence-corrected chi connectivity index (χ1v) is 11.9. The van der Waals surface area contributed by atoms with Crippen molar-refractivity contribution in [3.8, 4) is 0 Å². The van der Waals surface area contributed by atoms with Crippen LogP contribution < -0.4 is 10.4 Å². The molecule has 1 aliphatic rings. The molecule has 0 unspecified atom stereocenters. The Bertz CT molecular complexity index is 630. The number of hydrogen-bond acceptors (Lipinski definition) is 3. The first kappa shape index (κ1) is 18.7. The Balaban J connectivity index is 2.02. The summed E-state index contributed by atoms with van der Waals surface area (Å²) in [7, 11) is -2.43. The van der Waals surface area contributed by atoms with Crippen LogP contribution in [0.2, 0.25) is 5.04 Å². The van der Waals surface area contributed by atoms with Gasteiger partial charge in [0, 0.05) is 11.9 Å². The molecule has 1 fully saturated rings. The number of thioether (sulfide) groups is 1. The second-order valence-corrected chi connectivity index (χ2v) is 13.6. The van der Waals surface area contributed by atoms with E-state index in [0.717, 1.165) is 12.8 Å². The third kappa shape index (κ3) is 3.87. The maximum atomic E-state index is 9.84. The first-order chi connectivity index (χ1) is 11.9. The monoisotopic (exact) mass is 372 g/mol. The molecule has 1 aliphatic heterocycles. The summed E-state index contributed by atoms with van der Waals surface area (Å²) >= 11 is 1.66. The molecule has 0 spiro atoms. The lowest BCUT2D eigenvalue weighted by Crippen LogP contribution is -2.67. The third-order valence-corrected chi connectivity index (χ3v) is 11.3. The van der Waals surface area contributed by atoms with Crippen LogP contribution in [0.25, 0.3) is 0 Å². The predicted octanol–water partition coefficient (Wildman–Crippen LogP) is 3.78. The van der Waals surface area contributed by atoms with Gasteiger partial charge < -0.3 is 9.53 Å². The number of benzene rings is 2. The van der Waals surface area contributed by atoms with Crippen LogP contribution >= 0.6 is 11.8 Å². The SMILES string of the molecule is CC(C)(C)[Si](OC[C@H]1CC[C@@H](O)S1)(c1ccccc1)c1ccccc1. The topological polar surface area (TPSA) is 29.5 Å². The van der Waals surface area contributed by atoms with Gasteiger partial charge in [0.1, 0.15) is 0 Å². The highest BCUT2D eigenvalue weighted by molar-refractivity contribution is 8.00. The van der Waals surface area contributed by atoms with Gasteiger partial charge >= 0.3 is 0 Å². The minimum Gasteiger partial charge on any atom is -0.406 e. The maximum absolute atomic E-state index is 9.84. The van der Waals surface area contributed by atoms with E-state index in [-0.39, 0.29) is 10.5 Å². The van der Waals surface area contributed by atoms with Crippen LogP contribution in [0.3, 0.4) is 0 Å². The molecule has 0 saturated carbocycles. The molecule has 4 heteroatoms. The van der Waals surface area contributed by atoms with Crippen molar-refractivity contribution >= 4 is 30.5 Å². The van der Waals surface area contributed by atoms with Crippen molar-refractivity contribution in [3.63, 3.8) is 0 Å². The summed E-state index contributed by atoms with van der Waals surface area (Å²) in [6, 6.07) is 21.5. The zero-order chi connectivity index (χ0) is 17.9. The van der Waals surface area contributed by atoms with E-state index < -0.39 is 8.32 Å². The van der Waals surface area contributed by atoms with Gasteiger partial charge in [-0.25, -0.2) is 0 Å². The van der Waals surface area contributed by atoms with E-state index >= 15 is 0 Å². The maximum Gasteiger partial charge on any atom is 0.261 e. The van der Waals surface area contributed by atoms with E-state index in [0.29, 0.717) is 11.9 Å². The Labute approximate surface area is 156 Å². The van der Waals surface area contributed by atoms with Gasteiger partial charge in [0.2, 0.25) is 0 Å². The summed E-state index contributed by atoms with van der Waals surface area (Å²) in [5.41, 5.74) is -0.229. The fourth-order valence-electron chi connectivity index (χ4n) is 3.79. The largest absolute Gasteiger partial charge is 0.406 e. The molecule has 2 aromatic rings. The molecule has 0 bridgehead atoms. The average molecular weight is 373 g/mol. The number of rotatable bonds is 5. The van der Waals surface area contributed by atoms with Crippen molar-refractivity contribution < 1.29 is 9.53 Å². The van der Waals surface area contributed by atoms with Gasteiger partial charge in [0.25, 0.3) is 8.32 Å². The van der Waals surface area contributed by atoms with Crippen LogP contribution in [0.15, 0.2) is 60.7 Å². The Morgan fingerprint density at radius 2 is 1.48 bits per heavy atom. The zero-order valence-corrected chi connectivity index (χ0v) is 17.1. The molecule has 0 amide bonds. The predicted molar refractivity (Wildman–Crippen MR) is 110 cm³/mol. The van der Waals surface area contributed by atoms with E-state index in [2.05, 4.69) is 81.4 Å². The molecule has 3 rings (SSSR count). The fourth-order valence-corrected chi connectivity index (χ4v) is 9.65. The van der Waals surface area contributed by atoms with E-state index in [1.807, 2.05) is 0 Å². The van der Waals surface area contributed by atoms with Crippen LogP contribution in [0, 0.1) is 0 Å². The molecular weight excluding hydrogens is 344 g/mol. The number of aliphatic hydroxyl groups is 1. The Kier molecular flexibility index (Phi) is 5.74. The third-order valence-electron chi connectivity index (χ3n) is 4.99. The minimum atomic E-state index is -2.43. The normalized spacial score (nSPS) is 21.4. The van der Waals surface area contributed by atoms with Gasteiger partial charge in [0.05, 0.1) is 5.44 Å². The van der Waals surface area contributed by atoms with Gasteiger partial charge in [-0.2, -0.15) is 0 Å². The number of hydrogen-bond donors (Lipinski definition) is 1. The summed E-state index contributed by atoms with van der Waals surface area (Å²) in [5, 5.41) is 12.9. The van der Waals surface area contributed by atoms with Gasteiger partial charge in [-0.3, -0.25) is 0 Å². The molecule has 1 N–H and O–H groups in total. The molecule has 0 aromatic heterocycles. The average Bonchev–Trinajstić information content (AvgIpc) is 3.02. The highest BCUT2D eigenvalue weighted by Gasteiger charge is 2.50. The molecule has 2 nitrogen and oxygen atoms in total. The lowest BCUT2D eigenvalue weighted by molar-refractivity contribution is 0.256. The van der Waals surface area contributed by atoms with Crippen molar-refractivity contribution in [2.75, 3.05) is 6.61 Å². The molecule has 0 radical (unpaired) electrons. The van der Waals surface area contributed by atoms with Crippen LogP contribution in [-0.4, -0.2) is 30.7 Å². The van der Waals surface area contributed by atoms with Crippen molar-refractivity contribution in [3.05, 3.63) is 60.7 Å². The van der Waals surface area contributed by atoms with Crippen LogP contribution in [-0.2, 0) is 4.43 Å². The fraction of sp³-hybridized carbons (Fsp3) is 0.429. The lowest BCUT2D eigenvalue weighted by Gasteiger charge is -2.43. The molecule has 2 aromatic carbocycles. The van der Waals surface area contributed by atoms with Gasteiger partial charge in [-0.15, -0.1) is 11.8 Å². The first-order valence-electron chi connectivity index (χ1n) is 9.02. The van der Waals surface area contributed by atoms with Crippen LogP contribution in [0.4, 0.5) is 0 Å². The zero-order valence-electron chi connectivity index (χ0n) is 15.3. The Morgan fingerprint density at radius 3 is 1.88 bits per heavy atom. The summed E-state index contributed by atoms with van der Waals surface area (Å²) < 4.78 is 6.91. The molecular formula is C21H28O2SSi. The van der Waals surface area contributed by atoms with Gasteiger partial charge in [-0.05, 0) is 28.3 Å². The second-order valence-electron chi connectivity index (χ2n) is 7.76. The Morgan fingerprint density at radius 1 is 0.960 bits per heavy atom. The summed E-state index contributed by atoms with van der Waals surface area (Å²) in [4.78, 5) is 0. The van der Waals surface area contributed by atoms with Crippen LogP contribution in [0.5, 0.6) is 0 Å². The van der Waals surface area contributed by atoms with E-state index in [1.54, 1.807) is 11.8 Å². The highest BCUT2D eigenvalue weighted by Crippen LogP contribution is 2.39. The molecule has 1 saturated heterocycles. The summed E-state index contributed by atoms with van der Waals surface area (Å²) in [6.45, 7) is 7.61. The molecule has 25 heavy (non-hydrogen) atoms. The summed E-state index contributed by atoms with van der Waals surface area (Å²) in [6.07, 6.45) is 1.91. The van der Waals surface area contributed by atoms with E-state index in [1.165, 1.54) is 10.4 Å². The highest BCUT2D eigenvalue weighted by atomic mass is 32.2. The number of aliphatic hydroxyl groups excluding tert-OH is 1. The minimum absolute atomic E-state index is 0.0115. The van der Waals surface area contributed by atoms with Gasteiger partial charge in [0.15, 0.2) is 0 Å². The smallest absolute Gasteiger partial charge is 0.261 e. The van der Waals surface area contributed by atoms with Crippen molar-refractivity contribution in [1.29, 1.82) is 0 Å². The van der Waals surface area contributed by atoms with Crippen molar-refractivity contribution in [2.45, 2.75) is 49.3 Å². The lowest BCUT2D eigenvalue weighted by atomic mass is 10.2. The van der Waals surface area contributed by atoms with Gasteiger partial charge in [-0.1, -0.05) is 81.4 Å². The standard InChI is InChI=1S/C21H28O2SSi/c1-21(2,3)25(18-10-6-4-7-11-18,19-12-8-5-9-13-19)23-16-17-14-15-20(22)24-17/h4-13,17,20,22H,14-16H2,1-3H3/t17-,20+/m1/s1. The van der Waals surface area contributed by atoms with Crippen LogP contribution in [0.1, 0.15) is 33.6 Å². The molecule has 134 valence electrons. The second kappa shape index (κ2) is 7.66.